The van der Waals surface area contributed by atoms with Crippen LogP contribution in [0.1, 0.15) is 19.4 Å². The zero-order valence-corrected chi connectivity index (χ0v) is 10.8. The smallest absolute Gasteiger partial charge is 0.263 e. The Balaban J connectivity index is 2.87. The summed E-state index contributed by atoms with van der Waals surface area (Å²) >= 11 is 0. The predicted molar refractivity (Wildman–Crippen MR) is 71.8 cm³/mol. The minimum atomic E-state index is -0.445. The van der Waals surface area contributed by atoms with Crippen LogP contribution >= 0.6 is 0 Å². The summed E-state index contributed by atoms with van der Waals surface area (Å²) in [6, 6.07) is 10.6. The number of carbonyl (C=O) groups is 1. The third-order valence-electron chi connectivity index (χ3n) is 2.20. The van der Waals surface area contributed by atoms with E-state index in [4.69, 9.17) is 10.5 Å². The third kappa shape index (κ3) is 4.18. The predicted octanol–water partition coefficient (Wildman–Crippen LogP) is 1.90. The SMILES string of the molecule is CC(C)NC(=O)/C(C#N)=C\Nc1ccccc1C#N. The molecule has 0 heterocycles. The van der Waals surface area contributed by atoms with E-state index in [2.05, 4.69) is 10.6 Å². The van der Waals surface area contributed by atoms with Crippen LogP contribution in [0.5, 0.6) is 0 Å². The molecule has 0 radical (unpaired) electrons. The van der Waals surface area contributed by atoms with Gasteiger partial charge in [-0.15, -0.1) is 0 Å². The standard InChI is InChI=1S/C14H14N4O/c1-10(2)18-14(19)12(8-16)9-17-13-6-4-3-5-11(13)7-15/h3-6,9-10,17H,1-2H3,(H,18,19)/b12-9-. The Bertz CT molecular complexity index is 576. The number of amides is 1. The minimum absolute atomic E-state index is 0.0403. The molecule has 1 amide bonds. The van der Waals surface area contributed by atoms with Gasteiger partial charge in [0.05, 0.1) is 11.3 Å². The van der Waals surface area contributed by atoms with Crippen molar-refractivity contribution in [2.75, 3.05) is 5.32 Å². The van der Waals surface area contributed by atoms with Gasteiger partial charge in [0.15, 0.2) is 0 Å². The summed E-state index contributed by atoms with van der Waals surface area (Å²) in [5, 5.41) is 23.3. The molecular formula is C14H14N4O. The molecule has 1 aromatic carbocycles. The van der Waals surface area contributed by atoms with Gasteiger partial charge in [0.25, 0.3) is 5.91 Å². The van der Waals surface area contributed by atoms with Crippen molar-refractivity contribution in [1.29, 1.82) is 10.5 Å². The average molecular weight is 254 g/mol. The van der Waals surface area contributed by atoms with E-state index in [0.29, 0.717) is 11.3 Å². The fourth-order valence-corrected chi connectivity index (χ4v) is 1.34. The molecule has 0 unspecified atom stereocenters. The monoisotopic (exact) mass is 254 g/mol. The molecule has 0 aromatic heterocycles. The molecule has 0 aliphatic carbocycles. The van der Waals surface area contributed by atoms with Gasteiger partial charge in [0, 0.05) is 12.2 Å². The van der Waals surface area contributed by atoms with Crippen molar-refractivity contribution in [3.8, 4) is 12.1 Å². The highest BCUT2D eigenvalue weighted by molar-refractivity contribution is 5.97. The summed E-state index contributed by atoms with van der Waals surface area (Å²) in [7, 11) is 0. The summed E-state index contributed by atoms with van der Waals surface area (Å²) in [4.78, 5) is 11.7. The molecule has 5 heteroatoms. The fraction of sp³-hybridized carbons (Fsp3) is 0.214. The van der Waals surface area contributed by atoms with E-state index >= 15 is 0 Å². The molecule has 0 bridgehead atoms. The number of para-hydroxylation sites is 1. The van der Waals surface area contributed by atoms with Crippen LogP contribution in [0.2, 0.25) is 0 Å². The number of anilines is 1. The van der Waals surface area contributed by atoms with Crippen molar-refractivity contribution >= 4 is 11.6 Å². The molecule has 19 heavy (non-hydrogen) atoms. The third-order valence-corrected chi connectivity index (χ3v) is 2.20. The maximum Gasteiger partial charge on any atom is 0.263 e. The van der Waals surface area contributed by atoms with E-state index < -0.39 is 5.91 Å². The van der Waals surface area contributed by atoms with Crippen LogP contribution in [0.4, 0.5) is 5.69 Å². The number of nitrogens with zero attached hydrogens (tertiary/aromatic N) is 2. The van der Waals surface area contributed by atoms with Crippen LogP contribution < -0.4 is 10.6 Å². The van der Waals surface area contributed by atoms with E-state index in [1.807, 2.05) is 26.0 Å². The molecule has 0 aliphatic heterocycles. The molecule has 0 fully saturated rings. The largest absolute Gasteiger partial charge is 0.359 e. The second-order valence-electron chi connectivity index (χ2n) is 4.10. The topological polar surface area (TPSA) is 88.7 Å². The van der Waals surface area contributed by atoms with E-state index in [9.17, 15) is 4.79 Å². The zero-order valence-electron chi connectivity index (χ0n) is 10.8. The number of carbonyl (C=O) groups excluding carboxylic acids is 1. The Morgan fingerprint density at radius 3 is 2.58 bits per heavy atom. The highest BCUT2D eigenvalue weighted by atomic mass is 16.1. The van der Waals surface area contributed by atoms with Crippen molar-refractivity contribution in [2.45, 2.75) is 19.9 Å². The zero-order chi connectivity index (χ0) is 14.3. The maximum atomic E-state index is 11.7. The quantitative estimate of drug-likeness (QED) is 0.634. The molecule has 5 nitrogen and oxygen atoms in total. The summed E-state index contributed by atoms with van der Waals surface area (Å²) in [5.41, 5.74) is 0.955. The molecule has 0 saturated carbocycles. The van der Waals surface area contributed by atoms with Crippen LogP contribution in [0.15, 0.2) is 36.0 Å². The van der Waals surface area contributed by atoms with Crippen molar-refractivity contribution < 1.29 is 4.79 Å². The van der Waals surface area contributed by atoms with E-state index in [-0.39, 0.29) is 11.6 Å². The average Bonchev–Trinajstić information content (AvgIpc) is 2.39. The van der Waals surface area contributed by atoms with Crippen molar-refractivity contribution in [1.82, 2.24) is 5.32 Å². The van der Waals surface area contributed by atoms with E-state index in [1.54, 1.807) is 24.3 Å². The first kappa shape index (κ1) is 14.3. The number of benzene rings is 1. The van der Waals surface area contributed by atoms with Gasteiger partial charge in [-0.3, -0.25) is 4.79 Å². The van der Waals surface area contributed by atoms with Crippen molar-refractivity contribution in [3.63, 3.8) is 0 Å². The fourth-order valence-electron chi connectivity index (χ4n) is 1.34. The molecule has 0 atom stereocenters. The van der Waals surface area contributed by atoms with Crippen LogP contribution in [0.3, 0.4) is 0 Å². The molecule has 0 aliphatic rings. The minimum Gasteiger partial charge on any atom is -0.359 e. The Morgan fingerprint density at radius 2 is 2.00 bits per heavy atom. The number of hydrogen-bond donors (Lipinski definition) is 2. The maximum absolute atomic E-state index is 11.7. The molecule has 1 rings (SSSR count). The summed E-state index contributed by atoms with van der Waals surface area (Å²) in [6.07, 6.45) is 1.30. The Hall–Kier alpha value is -2.79. The molecule has 0 spiro atoms. The lowest BCUT2D eigenvalue weighted by Crippen LogP contribution is -2.31. The molecule has 1 aromatic rings. The van der Waals surface area contributed by atoms with Crippen molar-refractivity contribution in [3.05, 3.63) is 41.6 Å². The Morgan fingerprint density at radius 1 is 1.32 bits per heavy atom. The van der Waals surface area contributed by atoms with Gasteiger partial charge in [0.1, 0.15) is 17.7 Å². The van der Waals surface area contributed by atoms with Gasteiger partial charge in [-0.05, 0) is 26.0 Å². The van der Waals surface area contributed by atoms with Gasteiger partial charge in [-0.1, -0.05) is 12.1 Å². The summed E-state index contributed by atoms with van der Waals surface area (Å²) in [5.74, 6) is -0.445. The van der Waals surface area contributed by atoms with Gasteiger partial charge < -0.3 is 10.6 Å². The van der Waals surface area contributed by atoms with E-state index in [0.717, 1.165) is 0 Å². The number of rotatable bonds is 4. The van der Waals surface area contributed by atoms with Gasteiger partial charge in [-0.2, -0.15) is 10.5 Å². The highest BCUT2D eigenvalue weighted by Gasteiger charge is 2.09. The lowest BCUT2D eigenvalue weighted by atomic mass is 10.2. The second kappa shape index (κ2) is 6.83. The number of hydrogen-bond acceptors (Lipinski definition) is 4. The molecule has 96 valence electrons. The first-order valence-corrected chi connectivity index (χ1v) is 5.75. The second-order valence-corrected chi connectivity index (χ2v) is 4.10. The van der Waals surface area contributed by atoms with E-state index in [1.165, 1.54) is 6.20 Å². The molecule has 2 N–H and O–H groups in total. The first-order valence-electron chi connectivity index (χ1n) is 5.75. The van der Waals surface area contributed by atoms with Gasteiger partial charge in [0.2, 0.25) is 0 Å². The Labute approximate surface area is 112 Å². The first-order chi connectivity index (χ1) is 9.08. The number of nitrogens with one attached hydrogen (secondary N) is 2. The van der Waals surface area contributed by atoms with Gasteiger partial charge in [-0.25, -0.2) is 0 Å². The highest BCUT2D eigenvalue weighted by Crippen LogP contribution is 2.13. The van der Waals surface area contributed by atoms with Crippen LogP contribution in [-0.2, 0) is 4.79 Å². The summed E-state index contributed by atoms with van der Waals surface area (Å²) < 4.78 is 0. The normalized spacial score (nSPS) is 10.5. The lowest BCUT2D eigenvalue weighted by Gasteiger charge is -2.08. The number of nitriles is 2. The Kier molecular flexibility index (Phi) is 5.13. The summed E-state index contributed by atoms with van der Waals surface area (Å²) in [6.45, 7) is 3.62. The van der Waals surface area contributed by atoms with Crippen LogP contribution in [0, 0.1) is 22.7 Å². The van der Waals surface area contributed by atoms with Crippen molar-refractivity contribution in [2.24, 2.45) is 0 Å². The molecule has 0 saturated heterocycles. The van der Waals surface area contributed by atoms with Gasteiger partial charge >= 0.3 is 0 Å². The lowest BCUT2D eigenvalue weighted by molar-refractivity contribution is -0.117. The van der Waals surface area contributed by atoms with Crippen LogP contribution in [0.25, 0.3) is 0 Å². The van der Waals surface area contributed by atoms with Crippen LogP contribution in [-0.4, -0.2) is 11.9 Å². The molecular weight excluding hydrogens is 240 g/mol.